The highest BCUT2D eigenvalue weighted by Crippen LogP contribution is 2.30. The van der Waals surface area contributed by atoms with Crippen LogP contribution in [-0.4, -0.2) is 74.3 Å². The van der Waals surface area contributed by atoms with E-state index < -0.39 is 0 Å². The molecule has 0 radical (unpaired) electrons. The summed E-state index contributed by atoms with van der Waals surface area (Å²) in [6.45, 7) is 6.84. The predicted octanol–water partition coefficient (Wildman–Crippen LogP) is 0.889. The maximum Gasteiger partial charge on any atom is 0.171 e. The molecular weight excluding hydrogens is 278 g/mol. The van der Waals surface area contributed by atoms with Gasteiger partial charge in [0.15, 0.2) is 11.6 Å². The minimum Gasteiger partial charge on any atom is -0.493 e. The standard InChI is InChI=1S/C16H27N5O/c1-19-7-9-20(10-8-19)14-3-5-21(6-4-14)16-15(22-2)11-13(17)12-18-16/h11-12,14H,3-10,17H2,1-2H3. The van der Waals surface area contributed by atoms with Gasteiger partial charge in [0.25, 0.3) is 0 Å². The van der Waals surface area contributed by atoms with Crippen molar-refractivity contribution in [3.8, 4) is 5.75 Å². The van der Waals surface area contributed by atoms with Crippen molar-refractivity contribution in [3.05, 3.63) is 12.3 Å². The zero-order valence-corrected chi connectivity index (χ0v) is 13.7. The van der Waals surface area contributed by atoms with E-state index in [1.807, 2.05) is 6.07 Å². The molecule has 3 rings (SSSR count). The Hall–Kier alpha value is -1.53. The molecule has 0 aromatic carbocycles. The zero-order chi connectivity index (χ0) is 15.5. The first-order valence-electron chi connectivity index (χ1n) is 8.14. The fourth-order valence-corrected chi connectivity index (χ4v) is 3.47. The van der Waals surface area contributed by atoms with Crippen molar-refractivity contribution >= 4 is 11.5 Å². The van der Waals surface area contributed by atoms with Crippen LogP contribution in [0.2, 0.25) is 0 Å². The molecule has 2 aliphatic heterocycles. The van der Waals surface area contributed by atoms with Gasteiger partial charge in [0.1, 0.15) is 0 Å². The minimum absolute atomic E-state index is 0.646. The SMILES string of the molecule is COc1cc(N)cnc1N1CCC(N2CCN(C)CC2)CC1. The summed E-state index contributed by atoms with van der Waals surface area (Å²) in [5, 5.41) is 0. The van der Waals surface area contributed by atoms with Gasteiger partial charge in [-0.25, -0.2) is 4.98 Å². The quantitative estimate of drug-likeness (QED) is 0.895. The fraction of sp³-hybridized carbons (Fsp3) is 0.688. The van der Waals surface area contributed by atoms with E-state index in [0.29, 0.717) is 11.7 Å². The number of nitrogen functional groups attached to an aromatic ring is 1. The van der Waals surface area contributed by atoms with Crippen molar-refractivity contribution in [1.29, 1.82) is 0 Å². The fourth-order valence-electron chi connectivity index (χ4n) is 3.47. The molecule has 0 unspecified atom stereocenters. The number of piperazine rings is 1. The molecule has 0 aliphatic carbocycles. The van der Waals surface area contributed by atoms with Crippen molar-refractivity contribution in [3.63, 3.8) is 0 Å². The number of ether oxygens (including phenoxy) is 1. The van der Waals surface area contributed by atoms with Crippen molar-refractivity contribution in [2.45, 2.75) is 18.9 Å². The largest absolute Gasteiger partial charge is 0.493 e. The van der Waals surface area contributed by atoms with Crippen LogP contribution >= 0.6 is 0 Å². The van der Waals surface area contributed by atoms with Gasteiger partial charge in [-0.15, -0.1) is 0 Å². The molecule has 6 heteroatoms. The Morgan fingerprint density at radius 3 is 2.45 bits per heavy atom. The molecule has 0 spiro atoms. The summed E-state index contributed by atoms with van der Waals surface area (Å²) >= 11 is 0. The lowest BCUT2D eigenvalue weighted by atomic mass is 10.0. The van der Waals surface area contributed by atoms with E-state index in [9.17, 15) is 0 Å². The Kier molecular flexibility index (Phi) is 4.69. The minimum atomic E-state index is 0.646. The summed E-state index contributed by atoms with van der Waals surface area (Å²) in [7, 11) is 3.88. The van der Waals surface area contributed by atoms with Gasteiger partial charge in [-0.1, -0.05) is 0 Å². The third-order valence-electron chi connectivity index (χ3n) is 4.89. The second kappa shape index (κ2) is 6.71. The van der Waals surface area contributed by atoms with Crippen molar-refractivity contribution < 1.29 is 4.74 Å². The highest BCUT2D eigenvalue weighted by molar-refractivity contribution is 5.58. The van der Waals surface area contributed by atoms with Gasteiger partial charge in [0.2, 0.25) is 0 Å². The van der Waals surface area contributed by atoms with Crippen LogP contribution < -0.4 is 15.4 Å². The number of methoxy groups -OCH3 is 1. The molecule has 122 valence electrons. The summed E-state index contributed by atoms with van der Waals surface area (Å²) in [6.07, 6.45) is 4.10. The van der Waals surface area contributed by atoms with Crippen molar-refractivity contribution in [2.24, 2.45) is 0 Å². The molecule has 22 heavy (non-hydrogen) atoms. The Labute approximate surface area is 132 Å². The van der Waals surface area contributed by atoms with Gasteiger partial charge in [-0.2, -0.15) is 0 Å². The van der Waals surface area contributed by atoms with E-state index >= 15 is 0 Å². The molecule has 2 aliphatic rings. The second-order valence-corrected chi connectivity index (χ2v) is 6.35. The average Bonchev–Trinajstić information content (AvgIpc) is 2.56. The highest BCUT2D eigenvalue weighted by Gasteiger charge is 2.28. The van der Waals surface area contributed by atoms with E-state index in [0.717, 1.165) is 24.7 Å². The van der Waals surface area contributed by atoms with Gasteiger partial charge in [0, 0.05) is 51.4 Å². The molecular formula is C16H27N5O. The van der Waals surface area contributed by atoms with Crippen LogP contribution in [0, 0.1) is 0 Å². The highest BCUT2D eigenvalue weighted by atomic mass is 16.5. The number of hydrogen-bond acceptors (Lipinski definition) is 6. The number of nitrogens with zero attached hydrogens (tertiary/aromatic N) is 4. The van der Waals surface area contributed by atoms with Crippen LogP contribution in [0.15, 0.2) is 12.3 Å². The third-order valence-corrected chi connectivity index (χ3v) is 4.89. The molecule has 1 aromatic rings. The van der Waals surface area contributed by atoms with Crippen LogP contribution in [0.1, 0.15) is 12.8 Å². The summed E-state index contributed by atoms with van der Waals surface area (Å²) < 4.78 is 5.43. The van der Waals surface area contributed by atoms with Gasteiger partial charge in [-0.05, 0) is 19.9 Å². The molecule has 2 fully saturated rings. The Morgan fingerprint density at radius 2 is 1.82 bits per heavy atom. The van der Waals surface area contributed by atoms with Crippen molar-refractivity contribution in [1.82, 2.24) is 14.8 Å². The second-order valence-electron chi connectivity index (χ2n) is 6.35. The number of hydrogen-bond donors (Lipinski definition) is 1. The lowest BCUT2D eigenvalue weighted by Gasteiger charge is -2.42. The van der Waals surface area contributed by atoms with E-state index in [1.165, 1.54) is 39.0 Å². The van der Waals surface area contributed by atoms with E-state index in [4.69, 9.17) is 10.5 Å². The first-order valence-corrected chi connectivity index (χ1v) is 8.14. The summed E-state index contributed by atoms with van der Waals surface area (Å²) in [5.74, 6) is 1.70. The molecule has 3 heterocycles. The first kappa shape index (κ1) is 15.4. The number of pyridine rings is 1. The Bertz CT molecular complexity index is 493. The molecule has 2 N–H and O–H groups in total. The Morgan fingerprint density at radius 1 is 1.14 bits per heavy atom. The molecule has 2 saturated heterocycles. The molecule has 0 atom stereocenters. The molecule has 0 bridgehead atoms. The first-order chi connectivity index (χ1) is 10.7. The Balaban J connectivity index is 1.60. The van der Waals surface area contributed by atoms with E-state index in [2.05, 4.69) is 26.7 Å². The molecule has 0 amide bonds. The van der Waals surface area contributed by atoms with Gasteiger partial charge in [-0.3, -0.25) is 4.90 Å². The summed E-state index contributed by atoms with van der Waals surface area (Å²) in [4.78, 5) is 11.9. The van der Waals surface area contributed by atoms with E-state index in [-0.39, 0.29) is 0 Å². The third kappa shape index (κ3) is 3.28. The lowest BCUT2D eigenvalue weighted by Crippen LogP contribution is -2.52. The maximum absolute atomic E-state index is 5.79. The smallest absolute Gasteiger partial charge is 0.171 e. The van der Waals surface area contributed by atoms with Gasteiger partial charge < -0.3 is 20.3 Å². The number of likely N-dealkylation sites (N-methyl/N-ethyl adjacent to an activating group) is 1. The average molecular weight is 305 g/mol. The number of aromatic nitrogens is 1. The summed E-state index contributed by atoms with van der Waals surface area (Å²) in [5.41, 5.74) is 6.44. The number of nitrogens with two attached hydrogens (primary N) is 1. The summed E-state index contributed by atoms with van der Waals surface area (Å²) in [6, 6.07) is 2.57. The normalized spacial score (nSPS) is 22.0. The van der Waals surface area contributed by atoms with Gasteiger partial charge >= 0.3 is 0 Å². The van der Waals surface area contributed by atoms with Crippen molar-refractivity contribution in [2.75, 3.05) is 64.1 Å². The molecule has 6 nitrogen and oxygen atoms in total. The number of anilines is 2. The van der Waals surface area contributed by atoms with Gasteiger partial charge in [0.05, 0.1) is 19.0 Å². The topological polar surface area (TPSA) is 57.9 Å². The van der Waals surface area contributed by atoms with Crippen LogP contribution in [0.3, 0.4) is 0 Å². The van der Waals surface area contributed by atoms with Crippen LogP contribution in [-0.2, 0) is 0 Å². The lowest BCUT2D eigenvalue weighted by molar-refractivity contribution is 0.0980. The monoisotopic (exact) mass is 305 g/mol. The maximum atomic E-state index is 5.79. The van der Waals surface area contributed by atoms with Crippen LogP contribution in [0.5, 0.6) is 5.75 Å². The number of piperidine rings is 1. The van der Waals surface area contributed by atoms with Crippen LogP contribution in [0.4, 0.5) is 11.5 Å². The molecule has 1 aromatic heterocycles. The molecule has 0 saturated carbocycles. The number of rotatable bonds is 3. The van der Waals surface area contributed by atoms with Crippen LogP contribution in [0.25, 0.3) is 0 Å². The van der Waals surface area contributed by atoms with E-state index in [1.54, 1.807) is 13.3 Å². The zero-order valence-electron chi connectivity index (χ0n) is 13.7. The predicted molar refractivity (Wildman–Crippen MR) is 89.5 cm³/mol.